The summed E-state index contributed by atoms with van der Waals surface area (Å²) in [5.74, 6) is -1.36. The monoisotopic (exact) mass is 575 g/mol. The van der Waals surface area contributed by atoms with Gasteiger partial charge in [0.25, 0.3) is 5.92 Å². The number of hydrogen-bond acceptors (Lipinski definition) is 6. The average molecular weight is 576 g/mol. The first-order chi connectivity index (χ1) is 19.7. The number of pyridine rings is 1. The minimum absolute atomic E-state index is 0.0987. The van der Waals surface area contributed by atoms with Gasteiger partial charge >= 0.3 is 0 Å². The number of alkyl halides is 2. The highest BCUT2D eigenvalue weighted by Gasteiger charge is 2.38. The number of rotatable bonds is 5. The topological polar surface area (TPSA) is 85.5 Å². The first-order valence-corrected chi connectivity index (χ1v) is 14.3. The van der Waals surface area contributed by atoms with Crippen LogP contribution in [0.3, 0.4) is 0 Å². The second-order valence-corrected chi connectivity index (χ2v) is 12.2. The lowest BCUT2D eigenvalue weighted by Crippen LogP contribution is -2.24. The molecule has 7 rings (SSSR count). The maximum atomic E-state index is 14.0. The first kappa shape index (κ1) is 26.0. The summed E-state index contributed by atoms with van der Waals surface area (Å²) in [7, 11) is 0. The van der Waals surface area contributed by atoms with Crippen LogP contribution in [-0.2, 0) is 12.0 Å². The number of nitrogens with one attached hydrogen (secondary N) is 3. The quantitative estimate of drug-likeness (QED) is 0.210. The van der Waals surface area contributed by atoms with Crippen molar-refractivity contribution < 1.29 is 13.2 Å². The number of imidazole rings is 1. The minimum Gasteiger partial charge on any atom is -0.345 e. The normalized spacial score (nSPS) is 20.3. The van der Waals surface area contributed by atoms with Crippen LogP contribution in [0.15, 0.2) is 54.9 Å². The van der Waals surface area contributed by atoms with Crippen molar-refractivity contribution in [2.24, 2.45) is 0 Å². The molecule has 0 saturated carbocycles. The van der Waals surface area contributed by atoms with E-state index in [1.165, 1.54) is 6.07 Å². The van der Waals surface area contributed by atoms with Gasteiger partial charge in [0.05, 0.1) is 29.6 Å². The van der Waals surface area contributed by atoms with Crippen LogP contribution in [0.2, 0.25) is 0 Å². The summed E-state index contributed by atoms with van der Waals surface area (Å²) in [5.41, 5.74) is 5.46. The number of fused-ring (bicyclic) bond motifs is 2. The number of aromatic nitrogens is 5. The maximum absolute atomic E-state index is 14.0. The molecule has 11 heteroatoms. The van der Waals surface area contributed by atoms with E-state index in [9.17, 15) is 13.2 Å². The number of likely N-dealkylation sites (tertiary alicyclic amines) is 1. The van der Waals surface area contributed by atoms with E-state index in [-0.39, 0.29) is 18.1 Å². The Morgan fingerprint density at radius 3 is 2.80 bits per heavy atom. The summed E-state index contributed by atoms with van der Waals surface area (Å²) in [4.78, 5) is 15.7. The van der Waals surface area contributed by atoms with Gasteiger partial charge in [-0.15, -0.1) is 11.3 Å². The largest absolute Gasteiger partial charge is 0.345 e. The molecule has 210 valence electrons. The van der Waals surface area contributed by atoms with Crippen molar-refractivity contribution in [1.82, 2.24) is 30.0 Å². The van der Waals surface area contributed by atoms with Gasteiger partial charge in [-0.05, 0) is 62.4 Å². The number of aromatic amines is 2. The van der Waals surface area contributed by atoms with Gasteiger partial charge in [0.1, 0.15) is 5.69 Å². The van der Waals surface area contributed by atoms with Crippen LogP contribution in [0.25, 0.3) is 33.7 Å². The summed E-state index contributed by atoms with van der Waals surface area (Å²) in [6, 6.07) is 11.4. The molecule has 0 aliphatic carbocycles. The van der Waals surface area contributed by atoms with Crippen molar-refractivity contribution in [3.63, 3.8) is 0 Å². The van der Waals surface area contributed by atoms with E-state index in [1.807, 2.05) is 49.5 Å². The zero-order valence-electron chi connectivity index (χ0n) is 22.6. The predicted octanol–water partition coefficient (Wildman–Crippen LogP) is 7.00. The number of allylic oxidation sites excluding steroid dienone is 1. The van der Waals surface area contributed by atoms with E-state index in [1.54, 1.807) is 11.1 Å². The highest BCUT2D eigenvalue weighted by Crippen LogP contribution is 2.44. The van der Waals surface area contributed by atoms with Gasteiger partial charge in [-0.3, -0.25) is 15.0 Å². The number of benzene rings is 1. The molecule has 1 unspecified atom stereocenters. The van der Waals surface area contributed by atoms with Gasteiger partial charge in [0, 0.05) is 40.8 Å². The van der Waals surface area contributed by atoms with Crippen molar-refractivity contribution in [3.8, 4) is 22.8 Å². The van der Waals surface area contributed by atoms with Crippen molar-refractivity contribution in [1.29, 1.82) is 0 Å². The Balaban J connectivity index is 1.25. The third-order valence-corrected chi connectivity index (χ3v) is 9.13. The highest BCUT2D eigenvalue weighted by molar-refractivity contribution is 7.10. The average Bonchev–Trinajstić information content (AvgIpc) is 3.71. The van der Waals surface area contributed by atoms with Crippen molar-refractivity contribution >= 4 is 28.1 Å². The molecule has 1 aromatic carbocycles. The molecule has 4 aromatic heterocycles. The van der Waals surface area contributed by atoms with Crippen LogP contribution in [0.5, 0.6) is 0 Å². The van der Waals surface area contributed by atoms with E-state index < -0.39 is 11.3 Å². The van der Waals surface area contributed by atoms with Crippen molar-refractivity contribution in [2.75, 3.05) is 18.4 Å². The van der Waals surface area contributed by atoms with E-state index in [4.69, 9.17) is 4.98 Å². The van der Waals surface area contributed by atoms with Crippen molar-refractivity contribution in [3.05, 3.63) is 81.7 Å². The molecule has 0 spiro atoms. The molecule has 5 aromatic rings. The van der Waals surface area contributed by atoms with Crippen LogP contribution in [-0.4, -0.2) is 49.1 Å². The fraction of sp³-hybridized carbons (Fsp3) is 0.300. The third-order valence-electron chi connectivity index (χ3n) is 8.00. The molecule has 6 heterocycles. The molecule has 7 nitrogen and oxygen atoms in total. The zero-order valence-corrected chi connectivity index (χ0v) is 23.4. The van der Waals surface area contributed by atoms with Gasteiger partial charge in [-0.1, -0.05) is 17.7 Å². The highest BCUT2D eigenvalue weighted by atomic mass is 32.1. The van der Waals surface area contributed by atoms with Crippen LogP contribution in [0.4, 0.5) is 19.0 Å². The lowest BCUT2D eigenvalue weighted by atomic mass is 9.82. The summed E-state index contributed by atoms with van der Waals surface area (Å²) in [6.07, 6.45) is 6.22. The van der Waals surface area contributed by atoms with Gasteiger partial charge in [0.15, 0.2) is 16.8 Å². The van der Waals surface area contributed by atoms with Crippen LogP contribution in [0.1, 0.15) is 41.5 Å². The smallest absolute Gasteiger partial charge is 0.261 e. The molecule has 2 aliphatic heterocycles. The Morgan fingerprint density at radius 1 is 1.15 bits per heavy atom. The molecule has 3 N–H and O–H groups in total. The summed E-state index contributed by atoms with van der Waals surface area (Å²) >= 11 is 1.14. The second kappa shape index (κ2) is 9.56. The molecule has 1 fully saturated rings. The van der Waals surface area contributed by atoms with E-state index in [0.29, 0.717) is 36.8 Å². The number of hydrogen-bond donors (Lipinski definition) is 3. The number of H-pyrrole nitrogens is 2. The lowest BCUT2D eigenvalue weighted by Gasteiger charge is -2.25. The fourth-order valence-corrected chi connectivity index (χ4v) is 6.81. The minimum atomic E-state index is -2.62. The van der Waals surface area contributed by atoms with Gasteiger partial charge in [-0.2, -0.15) is 9.49 Å². The molecule has 1 atom stereocenters. The standard InChI is InChI=1S/C30H28F3N7S/c1-17-10-18(15-40-9-7-30(32,33)16-40)12-19(11-17)21-13-20-22(14-35-21)38-39-25(20)27-36-26-28(37-27)34-8-3-6-29(26,2)23-4-5-24(31)41-23/h3-5,8,10-14,34H,6-7,9,15-16H2,1-2H3,(H,36,37)(H,38,39). The summed E-state index contributed by atoms with van der Waals surface area (Å²) < 4.78 is 41.5. The van der Waals surface area contributed by atoms with Gasteiger partial charge in [0.2, 0.25) is 0 Å². The van der Waals surface area contributed by atoms with Crippen LogP contribution in [0, 0.1) is 12.1 Å². The Hall–Kier alpha value is -3.96. The fourth-order valence-electron chi connectivity index (χ4n) is 5.92. The zero-order chi connectivity index (χ0) is 28.4. The molecular formula is C30H28F3N7S. The molecular weight excluding hydrogens is 547 g/mol. The number of anilines is 1. The SMILES string of the molecule is Cc1cc(CN2CCC(F)(F)C2)cc(-c2cc3c(-c4nc5c([nH]4)C(C)(c4ccc(F)s4)CC=CN5)n[nH]c3cn2)c1. The van der Waals surface area contributed by atoms with Gasteiger partial charge < -0.3 is 10.3 Å². The molecule has 1 saturated heterocycles. The molecule has 41 heavy (non-hydrogen) atoms. The number of nitrogens with zero attached hydrogens (tertiary/aromatic N) is 4. The molecule has 2 aliphatic rings. The second-order valence-electron chi connectivity index (χ2n) is 11.2. The Bertz CT molecular complexity index is 1800. The third kappa shape index (κ3) is 4.72. The number of halogens is 3. The summed E-state index contributed by atoms with van der Waals surface area (Å²) in [6.45, 7) is 4.73. The maximum Gasteiger partial charge on any atom is 0.261 e. The number of thiophene rings is 1. The van der Waals surface area contributed by atoms with Crippen molar-refractivity contribution in [2.45, 2.75) is 44.6 Å². The predicted molar refractivity (Wildman–Crippen MR) is 155 cm³/mol. The van der Waals surface area contributed by atoms with E-state index in [2.05, 4.69) is 32.4 Å². The Labute approximate surface area is 238 Å². The summed E-state index contributed by atoms with van der Waals surface area (Å²) in [5, 5.41) is 11.5. The van der Waals surface area contributed by atoms with E-state index in [0.717, 1.165) is 55.2 Å². The molecule has 0 radical (unpaired) electrons. The lowest BCUT2D eigenvalue weighted by molar-refractivity contribution is 0.0115. The molecule has 0 amide bonds. The first-order valence-electron chi connectivity index (χ1n) is 13.5. The van der Waals surface area contributed by atoms with Gasteiger partial charge in [-0.25, -0.2) is 13.8 Å². The van der Waals surface area contributed by atoms with Crippen LogP contribution >= 0.6 is 11.3 Å². The Morgan fingerprint density at radius 2 is 2.02 bits per heavy atom. The molecule has 0 bridgehead atoms. The van der Waals surface area contributed by atoms with E-state index >= 15 is 0 Å². The van der Waals surface area contributed by atoms with Crippen LogP contribution < -0.4 is 5.32 Å². The number of aryl methyl sites for hydroxylation is 1. The Kier molecular flexibility index (Phi) is 6.05.